The van der Waals surface area contributed by atoms with E-state index in [1.165, 1.54) is 0 Å². The first-order valence-corrected chi connectivity index (χ1v) is 5.24. The Balaban J connectivity index is 2.67. The zero-order valence-electron chi connectivity index (χ0n) is 8.08. The number of nitrogens with zero attached hydrogens (tertiary/aromatic N) is 2. The van der Waals surface area contributed by atoms with Crippen LogP contribution in [0.5, 0.6) is 0 Å². The third-order valence-electron chi connectivity index (χ3n) is 1.65. The van der Waals surface area contributed by atoms with Crippen molar-refractivity contribution in [2.75, 3.05) is 0 Å². The minimum atomic E-state index is 0.952. The fourth-order valence-electron chi connectivity index (χ4n) is 1.03. The summed E-state index contributed by atoms with van der Waals surface area (Å²) >= 11 is 1.61. The van der Waals surface area contributed by atoms with Crippen molar-refractivity contribution in [2.24, 2.45) is 4.99 Å². The molecule has 3 heteroatoms. The lowest BCUT2D eigenvalue weighted by Crippen LogP contribution is -1.91. The van der Waals surface area contributed by atoms with E-state index in [-0.39, 0.29) is 0 Å². The molecule has 1 aromatic rings. The van der Waals surface area contributed by atoms with E-state index in [4.69, 9.17) is 0 Å². The lowest BCUT2D eigenvalue weighted by Gasteiger charge is -1.98. The predicted molar refractivity (Wildman–Crippen MR) is 58.4 cm³/mol. The molecular formula is C10H14N2S. The van der Waals surface area contributed by atoms with Gasteiger partial charge in [0.2, 0.25) is 0 Å². The Morgan fingerprint density at radius 3 is 3.00 bits per heavy atom. The number of allylic oxidation sites excluding steroid dienone is 1. The van der Waals surface area contributed by atoms with Crippen molar-refractivity contribution in [1.82, 2.24) is 4.98 Å². The molecule has 0 unspecified atom stereocenters. The maximum absolute atomic E-state index is 4.40. The molecule has 0 radical (unpaired) electrons. The zero-order valence-corrected chi connectivity index (χ0v) is 8.90. The molecule has 0 N–H and O–H groups in total. The molecule has 0 fully saturated rings. The van der Waals surface area contributed by atoms with E-state index in [0.29, 0.717) is 0 Å². The van der Waals surface area contributed by atoms with Gasteiger partial charge in [0.1, 0.15) is 0 Å². The molecule has 0 aliphatic carbocycles. The summed E-state index contributed by atoms with van der Waals surface area (Å²) in [5, 5.41) is 0. The molecular weight excluding hydrogens is 180 g/mol. The monoisotopic (exact) mass is 194 g/mol. The second-order valence-corrected chi connectivity index (χ2v) is 3.77. The molecule has 1 heterocycles. The Kier molecular flexibility index (Phi) is 3.83. The summed E-state index contributed by atoms with van der Waals surface area (Å²) < 4.78 is 0. The molecule has 0 amide bonds. The molecule has 0 atom stereocenters. The Morgan fingerprint density at radius 2 is 2.46 bits per heavy atom. The van der Waals surface area contributed by atoms with Crippen molar-refractivity contribution in [1.29, 1.82) is 0 Å². The fourth-order valence-corrected chi connectivity index (χ4v) is 1.60. The highest BCUT2D eigenvalue weighted by atomic mass is 32.1. The van der Waals surface area contributed by atoms with E-state index in [9.17, 15) is 0 Å². The number of aliphatic imine (C=N–C) groups is 1. The van der Waals surface area contributed by atoms with Gasteiger partial charge in [-0.1, -0.05) is 19.9 Å². The summed E-state index contributed by atoms with van der Waals surface area (Å²) in [6.07, 6.45) is 3.90. The van der Waals surface area contributed by atoms with Crippen LogP contribution in [-0.4, -0.2) is 10.7 Å². The van der Waals surface area contributed by atoms with Crippen molar-refractivity contribution in [3.8, 4) is 0 Å². The van der Waals surface area contributed by atoms with Crippen LogP contribution in [0.15, 0.2) is 29.0 Å². The van der Waals surface area contributed by atoms with Gasteiger partial charge < -0.3 is 0 Å². The molecule has 70 valence electrons. The van der Waals surface area contributed by atoms with Crippen molar-refractivity contribution in [2.45, 2.75) is 26.7 Å². The summed E-state index contributed by atoms with van der Waals surface area (Å²) in [7, 11) is 0. The smallest absolute Gasteiger partial charge is 0.0798 e. The van der Waals surface area contributed by atoms with Crippen LogP contribution in [0.4, 0.5) is 0 Å². The maximum atomic E-state index is 4.40. The van der Waals surface area contributed by atoms with Gasteiger partial charge in [-0.15, -0.1) is 11.3 Å². The molecule has 0 saturated heterocycles. The van der Waals surface area contributed by atoms with E-state index < -0.39 is 0 Å². The van der Waals surface area contributed by atoms with Crippen molar-refractivity contribution in [3.05, 3.63) is 28.9 Å². The van der Waals surface area contributed by atoms with E-state index in [1.54, 1.807) is 11.3 Å². The molecule has 0 aromatic carbocycles. The minimum absolute atomic E-state index is 0.952. The minimum Gasteiger partial charge on any atom is -0.257 e. The summed E-state index contributed by atoms with van der Waals surface area (Å²) in [6, 6.07) is 0. The van der Waals surface area contributed by atoms with E-state index >= 15 is 0 Å². The number of thiazole rings is 1. The lowest BCUT2D eigenvalue weighted by molar-refractivity contribution is 0.897. The van der Waals surface area contributed by atoms with Crippen LogP contribution in [0.1, 0.15) is 31.6 Å². The third kappa shape index (κ3) is 3.11. The van der Waals surface area contributed by atoms with Crippen LogP contribution >= 0.6 is 11.3 Å². The maximum Gasteiger partial charge on any atom is 0.0798 e. The van der Waals surface area contributed by atoms with Crippen LogP contribution in [0.2, 0.25) is 0 Å². The van der Waals surface area contributed by atoms with Crippen LogP contribution < -0.4 is 0 Å². The van der Waals surface area contributed by atoms with E-state index in [0.717, 1.165) is 29.1 Å². The largest absolute Gasteiger partial charge is 0.257 e. The van der Waals surface area contributed by atoms with E-state index in [2.05, 4.69) is 23.5 Å². The zero-order chi connectivity index (χ0) is 9.68. The molecule has 0 aliphatic heterocycles. The van der Waals surface area contributed by atoms with E-state index in [1.807, 2.05) is 18.6 Å². The van der Waals surface area contributed by atoms with Crippen LogP contribution in [-0.2, 0) is 0 Å². The number of aromatic nitrogens is 1. The Bertz CT molecular complexity index is 299. The first kappa shape index (κ1) is 10.1. The average Bonchev–Trinajstić information content (AvgIpc) is 2.55. The molecule has 0 spiro atoms. The molecule has 0 aliphatic rings. The van der Waals surface area contributed by atoms with Crippen molar-refractivity contribution in [3.63, 3.8) is 0 Å². The number of hydrogen-bond donors (Lipinski definition) is 0. The van der Waals surface area contributed by atoms with Gasteiger partial charge in [0, 0.05) is 11.9 Å². The highest BCUT2D eigenvalue weighted by molar-refractivity contribution is 7.11. The second-order valence-electron chi connectivity index (χ2n) is 2.88. The average molecular weight is 194 g/mol. The topological polar surface area (TPSA) is 25.2 Å². The third-order valence-corrected chi connectivity index (χ3v) is 2.54. The first-order chi connectivity index (χ1) is 6.24. The van der Waals surface area contributed by atoms with Gasteiger partial charge in [-0.2, -0.15) is 0 Å². The normalized spacial score (nSPS) is 11.7. The van der Waals surface area contributed by atoms with Gasteiger partial charge >= 0.3 is 0 Å². The Labute approximate surface area is 83.1 Å². The van der Waals surface area contributed by atoms with Gasteiger partial charge in [0.15, 0.2) is 0 Å². The molecule has 1 aromatic heterocycles. The summed E-state index contributed by atoms with van der Waals surface area (Å²) in [4.78, 5) is 9.53. The van der Waals surface area contributed by atoms with Gasteiger partial charge in [-0.25, -0.2) is 0 Å². The van der Waals surface area contributed by atoms with Crippen LogP contribution in [0.3, 0.4) is 0 Å². The molecule has 2 nitrogen and oxygen atoms in total. The van der Waals surface area contributed by atoms with Gasteiger partial charge in [-0.05, 0) is 13.3 Å². The van der Waals surface area contributed by atoms with Gasteiger partial charge in [-0.3, -0.25) is 9.98 Å². The molecule has 0 bridgehead atoms. The molecule has 13 heavy (non-hydrogen) atoms. The molecule has 0 saturated carbocycles. The van der Waals surface area contributed by atoms with Crippen molar-refractivity contribution >= 4 is 17.0 Å². The lowest BCUT2D eigenvalue weighted by atomic mass is 10.3. The fraction of sp³-hybridized carbons (Fsp3) is 0.400. The SMILES string of the molecule is C=C(CCC)N=C(C)c1cncs1. The number of hydrogen-bond acceptors (Lipinski definition) is 3. The first-order valence-electron chi connectivity index (χ1n) is 4.36. The quantitative estimate of drug-likeness (QED) is 0.675. The summed E-state index contributed by atoms with van der Waals surface area (Å²) in [5.41, 5.74) is 3.78. The number of rotatable bonds is 4. The second kappa shape index (κ2) is 4.92. The van der Waals surface area contributed by atoms with Crippen LogP contribution in [0, 0.1) is 0 Å². The predicted octanol–water partition coefficient (Wildman–Crippen LogP) is 3.27. The summed E-state index contributed by atoms with van der Waals surface area (Å²) in [5.74, 6) is 0. The van der Waals surface area contributed by atoms with Crippen molar-refractivity contribution < 1.29 is 0 Å². The van der Waals surface area contributed by atoms with Gasteiger partial charge in [0.25, 0.3) is 0 Å². The standard InChI is InChI=1S/C10H14N2S/c1-4-5-8(2)12-9(3)10-6-11-7-13-10/h6-7H,2,4-5H2,1,3H3. The van der Waals surface area contributed by atoms with Crippen LogP contribution in [0.25, 0.3) is 0 Å². The Hall–Kier alpha value is -0.960. The Morgan fingerprint density at radius 1 is 1.69 bits per heavy atom. The summed E-state index contributed by atoms with van der Waals surface area (Å²) in [6.45, 7) is 8.01. The highest BCUT2D eigenvalue weighted by Gasteiger charge is 1.98. The molecule has 1 rings (SSSR count). The highest BCUT2D eigenvalue weighted by Crippen LogP contribution is 2.11. The van der Waals surface area contributed by atoms with Gasteiger partial charge in [0.05, 0.1) is 16.1 Å².